The van der Waals surface area contributed by atoms with E-state index in [2.05, 4.69) is 15.7 Å². The van der Waals surface area contributed by atoms with Gasteiger partial charge in [0.1, 0.15) is 5.82 Å². The number of aromatic nitrogens is 2. The van der Waals surface area contributed by atoms with Gasteiger partial charge >= 0.3 is 6.03 Å². The number of urea groups is 1. The molecule has 0 aliphatic carbocycles. The highest BCUT2D eigenvalue weighted by molar-refractivity contribution is 6.30. The summed E-state index contributed by atoms with van der Waals surface area (Å²) in [6.07, 6.45) is -1.04. The number of carbonyl (C=O) groups excluding carboxylic acids is 1. The minimum atomic E-state index is -1.04. The van der Waals surface area contributed by atoms with Crippen LogP contribution in [0, 0.1) is 12.7 Å². The van der Waals surface area contributed by atoms with E-state index in [1.54, 1.807) is 17.8 Å². The highest BCUT2D eigenvalue weighted by Gasteiger charge is 2.12. The van der Waals surface area contributed by atoms with Gasteiger partial charge in [0.25, 0.3) is 0 Å². The summed E-state index contributed by atoms with van der Waals surface area (Å²) in [5.74, 6) is -0.212. The SMILES string of the molecule is Cc1cc(NC(=O)NCC(O)c2ccc(Cl)c(F)c2)nn1C. The number of anilines is 1. The monoisotopic (exact) mass is 326 g/mol. The summed E-state index contributed by atoms with van der Waals surface area (Å²) in [5, 5.41) is 19.0. The molecule has 1 aromatic carbocycles. The van der Waals surface area contributed by atoms with E-state index in [4.69, 9.17) is 11.6 Å². The molecule has 8 heteroatoms. The molecule has 0 bridgehead atoms. The zero-order valence-electron chi connectivity index (χ0n) is 12.1. The fourth-order valence-electron chi connectivity index (χ4n) is 1.81. The summed E-state index contributed by atoms with van der Waals surface area (Å²) in [6.45, 7) is 1.79. The first-order valence-electron chi connectivity index (χ1n) is 6.55. The van der Waals surface area contributed by atoms with Crippen molar-refractivity contribution in [3.63, 3.8) is 0 Å². The normalized spacial score (nSPS) is 12.0. The minimum Gasteiger partial charge on any atom is -0.387 e. The van der Waals surface area contributed by atoms with Gasteiger partial charge in [-0.2, -0.15) is 5.10 Å². The zero-order chi connectivity index (χ0) is 16.3. The van der Waals surface area contributed by atoms with Crippen molar-refractivity contribution in [1.82, 2.24) is 15.1 Å². The first-order chi connectivity index (χ1) is 10.4. The van der Waals surface area contributed by atoms with Crippen molar-refractivity contribution in [2.75, 3.05) is 11.9 Å². The summed E-state index contributed by atoms with van der Waals surface area (Å²) in [5.41, 5.74) is 1.22. The van der Waals surface area contributed by atoms with E-state index >= 15 is 0 Å². The van der Waals surface area contributed by atoms with E-state index in [0.29, 0.717) is 11.4 Å². The molecule has 0 fully saturated rings. The lowest BCUT2D eigenvalue weighted by atomic mass is 10.1. The van der Waals surface area contributed by atoms with Crippen molar-refractivity contribution >= 4 is 23.4 Å². The van der Waals surface area contributed by atoms with Gasteiger partial charge in [0.2, 0.25) is 0 Å². The molecule has 1 atom stereocenters. The van der Waals surface area contributed by atoms with Gasteiger partial charge in [-0.15, -0.1) is 0 Å². The third-order valence-electron chi connectivity index (χ3n) is 3.14. The van der Waals surface area contributed by atoms with Gasteiger partial charge in [0.05, 0.1) is 11.1 Å². The number of hydrogen-bond donors (Lipinski definition) is 3. The molecule has 3 N–H and O–H groups in total. The third-order valence-corrected chi connectivity index (χ3v) is 3.45. The molecule has 2 rings (SSSR count). The Bertz CT molecular complexity index is 670. The van der Waals surface area contributed by atoms with E-state index in [1.807, 2.05) is 6.92 Å². The van der Waals surface area contributed by atoms with E-state index in [0.717, 1.165) is 11.8 Å². The van der Waals surface area contributed by atoms with E-state index < -0.39 is 18.0 Å². The van der Waals surface area contributed by atoms with Crippen LogP contribution in [-0.4, -0.2) is 27.5 Å². The van der Waals surface area contributed by atoms with Crippen LogP contribution < -0.4 is 10.6 Å². The first kappa shape index (κ1) is 16.3. The van der Waals surface area contributed by atoms with Crippen molar-refractivity contribution in [2.45, 2.75) is 13.0 Å². The third kappa shape index (κ3) is 3.96. The highest BCUT2D eigenvalue weighted by Crippen LogP contribution is 2.19. The number of benzene rings is 1. The smallest absolute Gasteiger partial charge is 0.320 e. The van der Waals surface area contributed by atoms with Crippen LogP contribution in [0.25, 0.3) is 0 Å². The highest BCUT2D eigenvalue weighted by atomic mass is 35.5. The first-order valence-corrected chi connectivity index (χ1v) is 6.93. The zero-order valence-corrected chi connectivity index (χ0v) is 12.9. The molecule has 0 saturated carbocycles. The van der Waals surface area contributed by atoms with E-state index in [9.17, 15) is 14.3 Å². The number of aryl methyl sites for hydroxylation is 2. The number of aliphatic hydroxyl groups excluding tert-OH is 1. The van der Waals surface area contributed by atoms with Crippen LogP contribution in [0.15, 0.2) is 24.3 Å². The van der Waals surface area contributed by atoms with Crippen molar-refractivity contribution in [2.24, 2.45) is 7.05 Å². The molecule has 0 saturated heterocycles. The Kier molecular flexibility index (Phi) is 4.99. The molecule has 22 heavy (non-hydrogen) atoms. The lowest BCUT2D eigenvalue weighted by Gasteiger charge is -2.12. The second-order valence-electron chi connectivity index (χ2n) is 4.82. The van der Waals surface area contributed by atoms with Gasteiger partial charge < -0.3 is 10.4 Å². The summed E-state index contributed by atoms with van der Waals surface area (Å²) in [6, 6.07) is 5.19. The summed E-state index contributed by atoms with van der Waals surface area (Å²) >= 11 is 5.57. The Morgan fingerprint density at radius 2 is 2.23 bits per heavy atom. The Morgan fingerprint density at radius 3 is 2.82 bits per heavy atom. The maximum Gasteiger partial charge on any atom is 0.320 e. The number of carbonyl (C=O) groups is 1. The van der Waals surface area contributed by atoms with Crippen molar-refractivity contribution < 1.29 is 14.3 Å². The number of amides is 2. The second kappa shape index (κ2) is 6.76. The molecule has 0 spiro atoms. The molecule has 2 aromatic rings. The summed E-state index contributed by atoms with van der Waals surface area (Å²) in [4.78, 5) is 11.7. The van der Waals surface area contributed by atoms with E-state index in [1.165, 1.54) is 12.1 Å². The molecule has 1 heterocycles. The average Bonchev–Trinajstić information content (AvgIpc) is 2.77. The van der Waals surface area contributed by atoms with Crippen molar-refractivity contribution in [3.8, 4) is 0 Å². The van der Waals surface area contributed by atoms with Crippen LogP contribution in [0.1, 0.15) is 17.4 Å². The van der Waals surface area contributed by atoms with Crippen LogP contribution >= 0.6 is 11.6 Å². The molecule has 2 amide bonds. The van der Waals surface area contributed by atoms with Gasteiger partial charge in [-0.05, 0) is 24.6 Å². The van der Waals surface area contributed by atoms with Crippen LogP contribution in [-0.2, 0) is 7.05 Å². The molecule has 1 unspecified atom stereocenters. The van der Waals surface area contributed by atoms with Gasteiger partial charge in [-0.25, -0.2) is 9.18 Å². The quantitative estimate of drug-likeness (QED) is 0.807. The van der Waals surface area contributed by atoms with Crippen molar-refractivity contribution in [3.05, 3.63) is 46.4 Å². The molecule has 1 aromatic heterocycles. The fourth-order valence-corrected chi connectivity index (χ4v) is 1.93. The standard InChI is InChI=1S/C14H16ClFN4O2/c1-8-5-13(19-20(8)2)18-14(22)17-7-12(21)9-3-4-10(15)11(16)6-9/h3-6,12,21H,7H2,1-2H3,(H2,17,18,19,22). The van der Waals surface area contributed by atoms with Crippen LogP contribution in [0.4, 0.5) is 15.0 Å². The Hall–Kier alpha value is -2.12. The Balaban J connectivity index is 1.88. The molecule has 6 nitrogen and oxygen atoms in total. The fraction of sp³-hybridized carbons (Fsp3) is 0.286. The molecule has 0 radical (unpaired) electrons. The number of halogens is 2. The topological polar surface area (TPSA) is 79.2 Å². The number of aliphatic hydroxyl groups is 1. The second-order valence-corrected chi connectivity index (χ2v) is 5.23. The summed E-state index contributed by atoms with van der Waals surface area (Å²) < 4.78 is 14.9. The largest absolute Gasteiger partial charge is 0.387 e. The molecule has 0 aliphatic rings. The van der Waals surface area contributed by atoms with Gasteiger partial charge in [0, 0.05) is 25.4 Å². The number of nitrogens with zero attached hydrogens (tertiary/aromatic N) is 2. The lowest BCUT2D eigenvalue weighted by Crippen LogP contribution is -2.32. The van der Waals surface area contributed by atoms with Crippen LogP contribution in [0.5, 0.6) is 0 Å². The van der Waals surface area contributed by atoms with E-state index in [-0.39, 0.29) is 11.6 Å². The predicted molar refractivity (Wildman–Crippen MR) is 81.3 cm³/mol. The Labute approximate surface area is 131 Å². The predicted octanol–water partition coefficient (Wildman–Crippen LogP) is 2.38. The minimum absolute atomic E-state index is 0.0211. The Morgan fingerprint density at radius 1 is 1.50 bits per heavy atom. The van der Waals surface area contributed by atoms with Crippen LogP contribution in [0.2, 0.25) is 5.02 Å². The van der Waals surface area contributed by atoms with Crippen molar-refractivity contribution in [1.29, 1.82) is 0 Å². The van der Waals surface area contributed by atoms with Gasteiger partial charge in [-0.3, -0.25) is 10.00 Å². The maximum absolute atomic E-state index is 13.3. The summed E-state index contributed by atoms with van der Waals surface area (Å²) in [7, 11) is 1.76. The molecule has 118 valence electrons. The van der Waals surface area contributed by atoms with Gasteiger partial charge in [-0.1, -0.05) is 17.7 Å². The molecule has 0 aliphatic heterocycles. The lowest BCUT2D eigenvalue weighted by molar-refractivity contribution is 0.174. The number of hydrogen-bond acceptors (Lipinski definition) is 3. The maximum atomic E-state index is 13.3. The number of rotatable bonds is 4. The molecular formula is C14H16ClFN4O2. The van der Waals surface area contributed by atoms with Gasteiger partial charge in [0.15, 0.2) is 5.82 Å². The number of nitrogens with one attached hydrogen (secondary N) is 2. The molecular weight excluding hydrogens is 311 g/mol. The average molecular weight is 327 g/mol. The van der Waals surface area contributed by atoms with Crippen LogP contribution in [0.3, 0.4) is 0 Å².